The Labute approximate surface area is 125 Å². The van der Waals surface area contributed by atoms with Crippen LogP contribution in [-0.4, -0.2) is 6.61 Å². The monoisotopic (exact) mass is 294 g/mol. The summed E-state index contributed by atoms with van der Waals surface area (Å²) in [5, 5.41) is 0. The molecule has 2 fully saturated rings. The zero-order valence-electron chi connectivity index (χ0n) is 12.7. The molecule has 1 heterocycles. The van der Waals surface area contributed by atoms with Gasteiger partial charge in [0.2, 0.25) is 0 Å². The lowest BCUT2D eigenvalue weighted by Gasteiger charge is -2.37. The highest BCUT2D eigenvalue weighted by Crippen LogP contribution is 2.40. The lowest BCUT2D eigenvalue weighted by molar-refractivity contribution is -0.0416. The van der Waals surface area contributed by atoms with Crippen LogP contribution in [-0.2, 0) is 4.74 Å². The Kier molecular flexibility index (Phi) is 4.58. The number of hydrogen-bond acceptors (Lipinski definition) is 1. The quantitative estimate of drug-likeness (QED) is 0.723. The van der Waals surface area contributed by atoms with E-state index in [0.29, 0.717) is 18.1 Å². The van der Waals surface area contributed by atoms with Crippen LogP contribution in [0.1, 0.15) is 57.1 Å². The second-order valence-corrected chi connectivity index (χ2v) is 6.82. The van der Waals surface area contributed by atoms with Gasteiger partial charge in [-0.1, -0.05) is 31.9 Å². The van der Waals surface area contributed by atoms with E-state index in [9.17, 15) is 8.78 Å². The van der Waals surface area contributed by atoms with Crippen molar-refractivity contribution in [2.24, 2.45) is 17.8 Å². The standard InChI is InChI=1S/C18H24F2O/c1-12-5-7-13(8-6-12)14-9-10-17(21-11-14)15-3-2-4-16(19)18(15)20/h2-4,12-14,17H,5-11H2,1H3. The first kappa shape index (κ1) is 15.0. The first-order chi connectivity index (χ1) is 10.1. The van der Waals surface area contributed by atoms with E-state index in [1.165, 1.54) is 25.7 Å². The zero-order valence-corrected chi connectivity index (χ0v) is 12.7. The van der Waals surface area contributed by atoms with Gasteiger partial charge in [-0.3, -0.25) is 0 Å². The average molecular weight is 294 g/mol. The summed E-state index contributed by atoms with van der Waals surface area (Å²) in [6.45, 7) is 3.02. The highest BCUT2D eigenvalue weighted by molar-refractivity contribution is 5.21. The van der Waals surface area contributed by atoms with Crippen molar-refractivity contribution in [1.82, 2.24) is 0 Å². The van der Waals surface area contributed by atoms with Crippen molar-refractivity contribution >= 4 is 0 Å². The number of rotatable bonds is 2. The van der Waals surface area contributed by atoms with Crippen LogP contribution in [0.5, 0.6) is 0 Å². The average Bonchev–Trinajstić information content (AvgIpc) is 2.51. The number of ether oxygens (including phenoxy) is 1. The second kappa shape index (κ2) is 6.43. The third kappa shape index (κ3) is 3.28. The molecular weight excluding hydrogens is 270 g/mol. The van der Waals surface area contributed by atoms with Crippen LogP contribution >= 0.6 is 0 Å². The SMILES string of the molecule is CC1CCC(C2CCC(c3cccc(F)c3F)OC2)CC1. The lowest BCUT2D eigenvalue weighted by Crippen LogP contribution is -2.29. The summed E-state index contributed by atoms with van der Waals surface area (Å²) < 4.78 is 33.0. The van der Waals surface area contributed by atoms with Gasteiger partial charge < -0.3 is 4.74 Å². The molecule has 0 spiro atoms. The van der Waals surface area contributed by atoms with Crippen LogP contribution in [0.25, 0.3) is 0 Å². The fourth-order valence-corrected chi connectivity index (χ4v) is 3.92. The van der Waals surface area contributed by atoms with Gasteiger partial charge in [0.15, 0.2) is 11.6 Å². The maximum atomic E-state index is 13.8. The molecule has 1 nitrogen and oxygen atoms in total. The first-order valence-corrected chi connectivity index (χ1v) is 8.20. The van der Waals surface area contributed by atoms with Gasteiger partial charge in [0.1, 0.15) is 0 Å². The third-order valence-corrected chi connectivity index (χ3v) is 5.37. The number of benzene rings is 1. The van der Waals surface area contributed by atoms with Crippen molar-refractivity contribution in [3.05, 3.63) is 35.4 Å². The zero-order chi connectivity index (χ0) is 14.8. The molecule has 2 unspecified atom stereocenters. The van der Waals surface area contributed by atoms with E-state index in [2.05, 4.69) is 6.92 Å². The smallest absolute Gasteiger partial charge is 0.164 e. The van der Waals surface area contributed by atoms with Crippen LogP contribution in [0.4, 0.5) is 8.78 Å². The molecule has 116 valence electrons. The molecule has 1 saturated heterocycles. The van der Waals surface area contributed by atoms with Crippen molar-refractivity contribution in [3.63, 3.8) is 0 Å². The molecule has 1 aromatic rings. The Hall–Kier alpha value is -0.960. The van der Waals surface area contributed by atoms with Crippen molar-refractivity contribution in [1.29, 1.82) is 0 Å². The first-order valence-electron chi connectivity index (χ1n) is 8.20. The molecule has 2 aliphatic rings. The Bertz CT molecular complexity index is 472. The molecule has 3 heteroatoms. The summed E-state index contributed by atoms with van der Waals surface area (Å²) >= 11 is 0. The van der Waals surface area contributed by atoms with Crippen molar-refractivity contribution < 1.29 is 13.5 Å². The summed E-state index contributed by atoms with van der Waals surface area (Å²) in [5.41, 5.74) is 0.380. The van der Waals surface area contributed by atoms with Crippen molar-refractivity contribution in [3.8, 4) is 0 Å². The van der Waals surface area contributed by atoms with Gasteiger partial charge in [-0.25, -0.2) is 8.78 Å². The molecule has 0 N–H and O–H groups in total. The summed E-state index contributed by atoms with van der Waals surface area (Å²) in [6.07, 6.45) is 6.84. The molecule has 0 aromatic heterocycles. The topological polar surface area (TPSA) is 9.23 Å². The van der Waals surface area contributed by atoms with Crippen LogP contribution < -0.4 is 0 Å². The van der Waals surface area contributed by atoms with Gasteiger partial charge in [-0.2, -0.15) is 0 Å². The fraction of sp³-hybridized carbons (Fsp3) is 0.667. The summed E-state index contributed by atoms with van der Waals surface area (Å²) in [4.78, 5) is 0. The highest BCUT2D eigenvalue weighted by atomic mass is 19.2. The molecule has 3 rings (SSSR count). The molecule has 21 heavy (non-hydrogen) atoms. The fourth-order valence-electron chi connectivity index (χ4n) is 3.92. The Balaban J connectivity index is 1.59. The van der Waals surface area contributed by atoms with Crippen LogP contribution in [0, 0.1) is 29.4 Å². The maximum absolute atomic E-state index is 13.8. The molecule has 1 saturated carbocycles. The van der Waals surface area contributed by atoms with Crippen LogP contribution in [0.2, 0.25) is 0 Å². The summed E-state index contributed by atoms with van der Waals surface area (Å²) in [6, 6.07) is 4.37. The van der Waals surface area contributed by atoms with Crippen LogP contribution in [0.3, 0.4) is 0 Å². The van der Waals surface area contributed by atoms with E-state index in [4.69, 9.17) is 4.74 Å². The van der Waals surface area contributed by atoms with E-state index < -0.39 is 11.6 Å². The van der Waals surface area contributed by atoms with Crippen LogP contribution in [0.15, 0.2) is 18.2 Å². The second-order valence-electron chi connectivity index (χ2n) is 6.82. The van der Waals surface area contributed by atoms with Gasteiger partial charge in [0, 0.05) is 5.56 Å². The highest BCUT2D eigenvalue weighted by Gasteiger charge is 2.32. The molecule has 0 amide bonds. The minimum atomic E-state index is -0.778. The molecule has 2 atom stereocenters. The van der Waals surface area contributed by atoms with E-state index in [0.717, 1.165) is 30.7 Å². The van der Waals surface area contributed by atoms with Gasteiger partial charge in [0.25, 0.3) is 0 Å². The van der Waals surface area contributed by atoms with E-state index >= 15 is 0 Å². The Morgan fingerprint density at radius 3 is 2.33 bits per heavy atom. The molecule has 1 aliphatic heterocycles. The van der Waals surface area contributed by atoms with Gasteiger partial charge in [-0.15, -0.1) is 0 Å². The minimum Gasteiger partial charge on any atom is -0.373 e. The van der Waals surface area contributed by atoms with Gasteiger partial charge in [-0.05, 0) is 49.5 Å². The Morgan fingerprint density at radius 2 is 1.67 bits per heavy atom. The number of halogens is 2. The lowest BCUT2D eigenvalue weighted by atomic mass is 9.74. The Morgan fingerprint density at radius 1 is 0.952 bits per heavy atom. The van der Waals surface area contributed by atoms with Crippen molar-refractivity contribution in [2.45, 2.75) is 51.6 Å². The molecule has 0 radical (unpaired) electrons. The van der Waals surface area contributed by atoms with Gasteiger partial charge in [0.05, 0.1) is 12.7 Å². The normalized spacial score (nSPS) is 33.9. The molecular formula is C18H24F2O. The largest absolute Gasteiger partial charge is 0.373 e. The maximum Gasteiger partial charge on any atom is 0.164 e. The van der Waals surface area contributed by atoms with E-state index in [1.54, 1.807) is 12.1 Å². The van der Waals surface area contributed by atoms with E-state index in [1.807, 2.05) is 0 Å². The predicted octanol–water partition coefficient (Wildman–Crippen LogP) is 5.26. The van der Waals surface area contributed by atoms with Gasteiger partial charge >= 0.3 is 0 Å². The third-order valence-electron chi connectivity index (χ3n) is 5.37. The summed E-state index contributed by atoms with van der Waals surface area (Å²) in [5.74, 6) is 0.705. The number of hydrogen-bond donors (Lipinski definition) is 0. The minimum absolute atomic E-state index is 0.278. The van der Waals surface area contributed by atoms with E-state index in [-0.39, 0.29) is 6.10 Å². The molecule has 1 aliphatic carbocycles. The molecule has 1 aromatic carbocycles. The van der Waals surface area contributed by atoms with Crippen molar-refractivity contribution in [2.75, 3.05) is 6.61 Å². The predicted molar refractivity (Wildman–Crippen MR) is 78.9 cm³/mol. The molecule has 0 bridgehead atoms. The summed E-state index contributed by atoms with van der Waals surface area (Å²) in [7, 11) is 0.